The molecule has 0 saturated heterocycles. The number of hydrogen-bond acceptors (Lipinski definition) is 4. The monoisotopic (exact) mass is 291 g/mol. The summed E-state index contributed by atoms with van der Waals surface area (Å²) in [6, 6.07) is 7.99. The number of nitro benzene ring substituents is 1. The minimum absolute atomic E-state index is 0.0298. The molecular weight excluding hydrogens is 277 g/mol. The molecule has 0 amide bonds. The molecule has 0 radical (unpaired) electrons. The maximum atomic E-state index is 13.8. The number of nitrogens with zero attached hydrogens (tertiary/aromatic N) is 1. The first-order valence-corrected chi connectivity index (χ1v) is 6.33. The Labute approximate surface area is 120 Å². The maximum Gasteiger partial charge on any atom is 0.284 e. The third-order valence-corrected chi connectivity index (χ3v) is 2.78. The highest BCUT2D eigenvalue weighted by Crippen LogP contribution is 2.41. The van der Waals surface area contributed by atoms with Crippen LogP contribution in [-0.2, 0) is 0 Å². The van der Waals surface area contributed by atoms with E-state index in [9.17, 15) is 19.6 Å². The van der Waals surface area contributed by atoms with Crippen LogP contribution in [0.3, 0.4) is 0 Å². The molecule has 0 atom stereocenters. The first kappa shape index (κ1) is 14.8. The van der Waals surface area contributed by atoms with Crippen LogP contribution in [0, 0.1) is 15.9 Å². The van der Waals surface area contributed by atoms with Gasteiger partial charge in [0.05, 0.1) is 17.1 Å². The smallest absolute Gasteiger partial charge is 0.284 e. The van der Waals surface area contributed by atoms with Gasteiger partial charge in [-0.05, 0) is 19.9 Å². The molecule has 21 heavy (non-hydrogen) atoms. The summed E-state index contributed by atoms with van der Waals surface area (Å²) in [6.07, 6.45) is -0.205. The molecule has 0 fully saturated rings. The van der Waals surface area contributed by atoms with Crippen LogP contribution in [0.4, 0.5) is 10.1 Å². The van der Waals surface area contributed by atoms with Crippen molar-refractivity contribution in [3.8, 4) is 22.6 Å². The van der Waals surface area contributed by atoms with Gasteiger partial charge in [0, 0.05) is 11.6 Å². The Kier molecular flexibility index (Phi) is 4.07. The number of halogens is 1. The molecule has 0 aliphatic heterocycles. The molecule has 0 spiro atoms. The standard InChI is InChI=1S/C15H14FNO4/c1-9(2)21-10-7-13(17(19)20)15(14(18)8-10)11-5-3-4-6-12(11)16/h3-9,18H,1-2H3. The molecule has 2 rings (SSSR count). The molecule has 0 unspecified atom stereocenters. The molecular formula is C15H14FNO4. The predicted molar refractivity (Wildman–Crippen MR) is 75.9 cm³/mol. The van der Waals surface area contributed by atoms with Gasteiger partial charge in [0.15, 0.2) is 0 Å². The van der Waals surface area contributed by atoms with E-state index in [1.165, 1.54) is 30.3 Å². The van der Waals surface area contributed by atoms with E-state index in [0.717, 1.165) is 0 Å². The van der Waals surface area contributed by atoms with Gasteiger partial charge >= 0.3 is 0 Å². The summed E-state index contributed by atoms with van der Waals surface area (Å²) in [5.41, 5.74) is -0.595. The van der Waals surface area contributed by atoms with Gasteiger partial charge in [0.1, 0.15) is 22.9 Å². The van der Waals surface area contributed by atoms with Crippen molar-refractivity contribution in [2.75, 3.05) is 0 Å². The van der Waals surface area contributed by atoms with Crippen molar-refractivity contribution in [2.24, 2.45) is 0 Å². The van der Waals surface area contributed by atoms with Crippen LogP contribution >= 0.6 is 0 Å². The average Bonchev–Trinajstić information content (AvgIpc) is 2.38. The number of phenols is 1. The number of rotatable bonds is 4. The molecule has 0 aliphatic rings. The van der Waals surface area contributed by atoms with Crippen LogP contribution in [-0.4, -0.2) is 16.1 Å². The van der Waals surface area contributed by atoms with Gasteiger partial charge < -0.3 is 9.84 Å². The number of hydrogen-bond donors (Lipinski definition) is 1. The van der Waals surface area contributed by atoms with Crippen LogP contribution in [0.25, 0.3) is 11.1 Å². The molecule has 0 aromatic heterocycles. The molecule has 110 valence electrons. The highest BCUT2D eigenvalue weighted by Gasteiger charge is 2.24. The SMILES string of the molecule is CC(C)Oc1cc(O)c(-c2ccccc2F)c([N+](=O)[O-])c1. The molecule has 5 nitrogen and oxygen atoms in total. The summed E-state index contributed by atoms with van der Waals surface area (Å²) >= 11 is 0. The molecule has 0 bridgehead atoms. The summed E-state index contributed by atoms with van der Waals surface area (Å²) in [5, 5.41) is 21.3. The highest BCUT2D eigenvalue weighted by atomic mass is 19.1. The first-order chi connectivity index (χ1) is 9.90. The summed E-state index contributed by atoms with van der Waals surface area (Å²) in [6.45, 7) is 3.52. The van der Waals surface area contributed by atoms with Crippen molar-refractivity contribution >= 4 is 5.69 Å². The highest BCUT2D eigenvalue weighted by molar-refractivity contribution is 5.80. The zero-order valence-corrected chi connectivity index (χ0v) is 11.5. The predicted octanol–water partition coefficient (Wildman–Crippen LogP) is 3.89. The Morgan fingerprint density at radius 1 is 1.29 bits per heavy atom. The van der Waals surface area contributed by atoms with Gasteiger partial charge in [-0.25, -0.2) is 4.39 Å². The van der Waals surface area contributed by atoms with Gasteiger partial charge in [0.25, 0.3) is 5.69 Å². The third kappa shape index (κ3) is 3.10. The molecule has 2 aromatic carbocycles. The summed E-state index contributed by atoms with van der Waals surface area (Å²) in [5.74, 6) is -0.882. The molecule has 1 N–H and O–H groups in total. The van der Waals surface area contributed by atoms with Crippen LogP contribution < -0.4 is 4.74 Å². The number of phenolic OH excluding ortho intramolecular Hbond substituents is 1. The third-order valence-electron chi connectivity index (χ3n) is 2.78. The van der Waals surface area contributed by atoms with E-state index < -0.39 is 22.2 Å². The first-order valence-electron chi connectivity index (χ1n) is 6.33. The number of nitro groups is 1. The number of ether oxygens (including phenoxy) is 1. The topological polar surface area (TPSA) is 72.6 Å². The summed E-state index contributed by atoms with van der Waals surface area (Å²) in [7, 11) is 0. The van der Waals surface area contributed by atoms with Crippen molar-refractivity contribution in [1.82, 2.24) is 0 Å². The minimum atomic E-state index is -0.672. The van der Waals surface area contributed by atoms with Crippen molar-refractivity contribution in [1.29, 1.82) is 0 Å². The van der Waals surface area contributed by atoms with Gasteiger partial charge in [-0.2, -0.15) is 0 Å². The van der Waals surface area contributed by atoms with Gasteiger partial charge in [-0.1, -0.05) is 18.2 Å². The second-order valence-electron chi connectivity index (χ2n) is 4.74. The zero-order chi connectivity index (χ0) is 15.6. The van der Waals surface area contributed by atoms with Gasteiger partial charge in [0.2, 0.25) is 0 Å². The van der Waals surface area contributed by atoms with E-state index in [1.54, 1.807) is 19.9 Å². The molecule has 0 saturated carbocycles. The molecule has 0 aliphatic carbocycles. The van der Waals surface area contributed by atoms with E-state index in [1.807, 2.05) is 0 Å². The van der Waals surface area contributed by atoms with E-state index in [4.69, 9.17) is 4.74 Å². The maximum absolute atomic E-state index is 13.8. The lowest BCUT2D eigenvalue weighted by molar-refractivity contribution is -0.384. The fourth-order valence-corrected chi connectivity index (χ4v) is 2.01. The normalized spacial score (nSPS) is 10.7. The van der Waals surface area contributed by atoms with Crippen LogP contribution in [0.5, 0.6) is 11.5 Å². The van der Waals surface area contributed by atoms with E-state index in [-0.39, 0.29) is 23.0 Å². The van der Waals surface area contributed by atoms with Crippen LogP contribution in [0.2, 0.25) is 0 Å². The quantitative estimate of drug-likeness (QED) is 0.685. The van der Waals surface area contributed by atoms with Crippen LogP contribution in [0.1, 0.15) is 13.8 Å². The second-order valence-corrected chi connectivity index (χ2v) is 4.74. The molecule has 6 heteroatoms. The van der Waals surface area contributed by atoms with Crippen molar-refractivity contribution in [2.45, 2.75) is 20.0 Å². The Bertz CT molecular complexity index is 685. The van der Waals surface area contributed by atoms with Gasteiger partial charge in [-0.3, -0.25) is 10.1 Å². The fraction of sp³-hybridized carbons (Fsp3) is 0.200. The van der Waals surface area contributed by atoms with Crippen molar-refractivity contribution in [3.05, 3.63) is 52.3 Å². The summed E-state index contributed by atoms with van der Waals surface area (Å²) < 4.78 is 19.2. The largest absolute Gasteiger partial charge is 0.507 e. The van der Waals surface area contributed by atoms with Crippen molar-refractivity contribution in [3.63, 3.8) is 0 Å². The second kappa shape index (κ2) is 5.78. The Balaban J connectivity index is 2.66. The fourth-order valence-electron chi connectivity index (χ4n) is 2.01. The van der Waals surface area contributed by atoms with E-state index >= 15 is 0 Å². The minimum Gasteiger partial charge on any atom is -0.507 e. The Morgan fingerprint density at radius 2 is 1.95 bits per heavy atom. The van der Waals surface area contributed by atoms with Crippen molar-refractivity contribution < 1.29 is 19.2 Å². The lowest BCUT2D eigenvalue weighted by Gasteiger charge is -2.12. The number of benzene rings is 2. The molecule has 0 heterocycles. The lowest BCUT2D eigenvalue weighted by Crippen LogP contribution is -2.06. The van der Waals surface area contributed by atoms with Crippen LogP contribution in [0.15, 0.2) is 36.4 Å². The van der Waals surface area contributed by atoms with E-state index in [2.05, 4.69) is 0 Å². The molecule has 2 aromatic rings. The Morgan fingerprint density at radius 3 is 2.52 bits per heavy atom. The average molecular weight is 291 g/mol. The number of aromatic hydroxyl groups is 1. The summed E-state index contributed by atoms with van der Waals surface area (Å²) in [4.78, 5) is 10.5. The van der Waals surface area contributed by atoms with Gasteiger partial charge in [-0.15, -0.1) is 0 Å². The Hall–Kier alpha value is -2.63. The lowest BCUT2D eigenvalue weighted by atomic mass is 10.0. The van der Waals surface area contributed by atoms with E-state index in [0.29, 0.717) is 0 Å². The zero-order valence-electron chi connectivity index (χ0n) is 11.5.